The Morgan fingerprint density at radius 1 is 1.33 bits per heavy atom. The number of aromatic nitrogens is 4. The van der Waals surface area contributed by atoms with Crippen LogP contribution in [0.4, 0.5) is 0 Å². The van der Waals surface area contributed by atoms with Gasteiger partial charge in [-0.3, -0.25) is 4.90 Å². The number of nitrogens with zero attached hydrogens (tertiary/aromatic N) is 5. The second-order valence-electron chi connectivity index (χ2n) is 6.37. The van der Waals surface area contributed by atoms with Crippen LogP contribution < -0.4 is 4.74 Å². The van der Waals surface area contributed by atoms with Crippen molar-refractivity contribution in [3.05, 3.63) is 34.8 Å². The monoisotopic (exact) mass is 331 g/mol. The highest BCUT2D eigenvalue weighted by Gasteiger charge is 2.20. The zero-order valence-corrected chi connectivity index (χ0v) is 14.8. The van der Waals surface area contributed by atoms with Crippen LogP contribution in [0.15, 0.2) is 12.3 Å². The maximum absolute atomic E-state index is 5.48. The van der Waals surface area contributed by atoms with E-state index >= 15 is 0 Å². The van der Waals surface area contributed by atoms with Crippen molar-refractivity contribution in [2.24, 2.45) is 0 Å². The number of rotatable bonds is 5. The van der Waals surface area contributed by atoms with Gasteiger partial charge < -0.3 is 9.47 Å². The molecular weight excluding hydrogens is 306 g/mol. The predicted molar refractivity (Wildman–Crippen MR) is 90.1 cm³/mol. The van der Waals surface area contributed by atoms with E-state index in [4.69, 9.17) is 9.47 Å². The van der Waals surface area contributed by atoms with Gasteiger partial charge in [0.15, 0.2) is 0 Å². The molecule has 7 heteroatoms. The minimum Gasteiger partial charge on any atom is -0.481 e. The molecule has 0 bridgehead atoms. The van der Waals surface area contributed by atoms with Crippen LogP contribution in [0.5, 0.6) is 5.88 Å². The Labute approximate surface area is 142 Å². The largest absolute Gasteiger partial charge is 0.481 e. The van der Waals surface area contributed by atoms with Crippen LogP contribution in [-0.4, -0.2) is 57.8 Å². The summed E-state index contributed by atoms with van der Waals surface area (Å²) in [6.45, 7) is 10.1. The van der Waals surface area contributed by atoms with E-state index in [0.717, 1.165) is 48.8 Å². The van der Waals surface area contributed by atoms with Crippen LogP contribution in [-0.2, 0) is 17.8 Å². The molecule has 0 amide bonds. The summed E-state index contributed by atoms with van der Waals surface area (Å²) in [4.78, 5) is 6.83. The number of methoxy groups -OCH3 is 1. The molecule has 1 atom stereocenters. The maximum atomic E-state index is 5.48. The first-order valence-corrected chi connectivity index (χ1v) is 8.28. The zero-order valence-electron chi connectivity index (χ0n) is 14.8. The molecule has 1 saturated heterocycles. The molecule has 0 saturated carbocycles. The molecule has 2 aromatic heterocycles. The van der Waals surface area contributed by atoms with Crippen LogP contribution in [0.25, 0.3) is 0 Å². The van der Waals surface area contributed by atoms with Crippen LogP contribution in [0, 0.1) is 13.8 Å². The van der Waals surface area contributed by atoms with E-state index in [2.05, 4.69) is 40.1 Å². The average Bonchev–Trinajstić information content (AvgIpc) is 2.99. The number of aryl methyl sites for hydroxylation is 2. The van der Waals surface area contributed by atoms with Gasteiger partial charge in [-0.15, -0.1) is 5.10 Å². The van der Waals surface area contributed by atoms with Gasteiger partial charge in [-0.05, 0) is 32.4 Å². The Kier molecular flexibility index (Phi) is 5.11. The Bertz CT molecular complexity index is 700. The fourth-order valence-electron chi connectivity index (χ4n) is 3.04. The Morgan fingerprint density at radius 2 is 2.17 bits per heavy atom. The minimum atomic E-state index is 0.410. The molecular formula is C17H25N5O2. The Hall–Kier alpha value is -1.99. The van der Waals surface area contributed by atoms with Crippen LogP contribution in [0.2, 0.25) is 0 Å². The van der Waals surface area contributed by atoms with E-state index in [1.807, 2.05) is 17.8 Å². The third-order valence-corrected chi connectivity index (χ3v) is 4.41. The Morgan fingerprint density at radius 3 is 2.92 bits per heavy atom. The van der Waals surface area contributed by atoms with Crippen molar-refractivity contribution in [1.29, 1.82) is 0 Å². The van der Waals surface area contributed by atoms with Gasteiger partial charge in [0.05, 0.1) is 38.8 Å². The summed E-state index contributed by atoms with van der Waals surface area (Å²) >= 11 is 0. The molecule has 3 rings (SSSR count). The number of pyridine rings is 1. The number of hydrogen-bond donors (Lipinski definition) is 0. The molecule has 130 valence electrons. The summed E-state index contributed by atoms with van der Waals surface area (Å²) in [5, 5.41) is 8.58. The lowest BCUT2D eigenvalue weighted by Crippen LogP contribution is -2.42. The predicted octanol–water partition coefficient (Wildman–Crippen LogP) is 1.57. The minimum absolute atomic E-state index is 0.410. The van der Waals surface area contributed by atoms with Crippen molar-refractivity contribution in [3.8, 4) is 5.88 Å². The maximum Gasteiger partial charge on any atom is 0.218 e. The summed E-state index contributed by atoms with van der Waals surface area (Å²) in [5.41, 5.74) is 4.12. The van der Waals surface area contributed by atoms with E-state index in [1.165, 1.54) is 0 Å². The van der Waals surface area contributed by atoms with Crippen molar-refractivity contribution in [2.75, 3.05) is 26.9 Å². The molecule has 0 aromatic carbocycles. The van der Waals surface area contributed by atoms with Gasteiger partial charge in [0.2, 0.25) is 5.88 Å². The lowest BCUT2D eigenvalue weighted by atomic mass is 10.1. The first-order valence-electron chi connectivity index (χ1n) is 8.28. The van der Waals surface area contributed by atoms with Crippen LogP contribution in [0.3, 0.4) is 0 Å². The molecule has 0 aliphatic carbocycles. The fourth-order valence-corrected chi connectivity index (χ4v) is 3.04. The topological polar surface area (TPSA) is 65.3 Å². The van der Waals surface area contributed by atoms with E-state index in [1.54, 1.807) is 7.11 Å². The van der Waals surface area contributed by atoms with Gasteiger partial charge in [-0.25, -0.2) is 9.67 Å². The van der Waals surface area contributed by atoms with E-state index < -0.39 is 0 Å². The van der Waals surface area contributed by atoms with Gasteiger partial charge in [0, 0.05) is 30.4 Å². The normalized spacial score (nSPS) is 18.8. The van der Waals surface area contributed by atoms with Gasteiger partial charge in [-0.2, -0.15) is 0 Å². The van der Waals surface area contributed by atoms with Crippen molar-refractivity contribution in [2.45, 2.75) is 39.9 Å². The molecule has 1 fully saturated rings. The third kappa shape index (κ3) is 3.73. The van der Waals surface area contributed by atoms with Crippen molar-refractivity contribution >= 4 is 0 Å². The van der Waals surface area contributed by atoms with Gasteiger partial charge in [0.25, 0.3) is 0 Å². The number of ether oxygens (including phenoxy) is 2. The highest BCUT2D eigenvalue weighted by atomic mass is 16.5. The Balaban J connectivity index is 1.72. The molecule has 0 unspecified atom stereocenters. The molecule has 24 heavy (non-hydrogen) atoms. The molecule has 0 N–H and O–H groups in total. The quantitative estimate of drug-likeness (QED) is 0.828. The fraction of sp³-hybridized carbons (Fsp3) is 0.588. The molecule has 2 aromatic rings. The second-order valence-corrected chi connectivity index (χ2v) is 6.37. The van der Waals surface area contributed by atoms with Gasteiger partial charge in [0.1, 0.15) is 0 Å². The summed E-state index contributed by atoms with van der Waals surface area (Å²) < 4.78 is 12.8. The first kappa shape index (κ1) is 16.9. The summed E-state index contributed by atoms with van der Waals surface area (Å²) in [6, 6.07) is 2.47. The van der Waals surface area contributed by atoms with Gasteiger partial charge >= 0.3 is 0 Å². The highest BCUT2D eigenvalue weighted by Crippen LogP contribution is 2.21. The molecule has 1 aliphatic rings. The highest BCUT2D eigenvalue weighted by molar-refractivity contribution is 5.36. The van der Waals surface area contributed by atoms with E-state index in [-0.39, 0.29) is 0 Å². The second kappa shape index (κ2) is 7.27. The molecule has 0 spiro atoms. The van der Waals surface area contributed by atoms with Crippen LogP contribution >= 0.6 is 0 Å². The lowest BCUT2D eigenvalue weighted by Gasteiger charge is -2.32. The zero-order chi connectivity index (χ0) is 17.1. The third-order valence-electron chi connectivity index (χ3n) is 4.41. The lowest BCUT2D eigenvalue weighted by molar-refractivity contribution is -0.00492. The average molecular weight is 331 g/mol. The molecule has 1 aliphatic heterocycles. The first-order chi connectivity index (χ1) is 11.6. The summed E-state index contributed by atoms with van der Waals surface area (Å²) in [5.74, 6) is 0.659. The van der Waals surface area contributed by atoms with Gasteiger partial charge in [-0.1, -0.05) is 5.21 Å². The number of morpholine rings is 1. The standard InChI is InChI=1S/C17H25N5O2/c1-12-7-13(2)18-17(23-4)16(12)10-22-9-15(19-20-22)8-21-5-6-24-11-14(21)3/h7,9,14H,5-6,8,10-11H2,1-4H3/t14-/m1/s1. The molecule has 3 heterocycles. The molecule has 0 radical (unpaired) electrons. The van der Waals surface area contributed by atoms with E-state index in [0.29, 0.717) is 18.5 Å². The SMILES string of the molecule is COc1nc(C)cc(C)c1Cn1cc(CN2CCOC[C@H]2C)nn1. The van der Waals surface area contributed by atoms with Crippen LogP contribution in [0.1, 0.15) is 29.4 Å². The molecule has 7 nitrogen and oxygen atoms in total. The van der Waals surface area contributed by atoms with Crippen molar-refractivity contribution < 1.29 is 9.47 Å². The smallest absolute Gasteiger partial charge is 0.218 e. The summed E-state index contributed by atoms with van der Waals surface area (Å²) in [6.07, 6.45) is 2.00. The number of hydrogen-bond acceptors (Lipinski definition) is 6. The van der Waals surface area contributed by atoms with Crippen molar-refractivity contribution in [3.63, 3.8) is 0 Å². The summed E-state index contributed by atoms with van der Waals surface area (Å²) in [7, 11) is 1.65. The van der Waals surface area contributed by atoms with E-state index in [9.17, 15) is 0 Å². The van der Waals surface area contributed by atoms with Crippen molar-refractivity contribution in [1.82, 2.24) is 24.9 Å².